The molecule has 1 amide bonds. The van der Waals surface area contributed by atoms with E-state index in [2.05, 4.69) is 5.32 Å². The number of thioether (sulfide) groups is 1. The summed E-state index contributed by atoms with van der Waals surface area (Å²) in [6.45, 7) is -0.106. The summed E-state index contributed by atoms with van der Waals surface area (Å²) in [6.07, 6.45) is 1.28. The average Bonchev–Trinajstić information content (AvgIpc) is 2.70. The first-order valence-corrected chi connectivity index (χ1v) is 9.07. The van der Waals surface area contributed by atoms with E-state index in [1.54, 1.807) is 36.4 Å². The van der Waals surface area contributed by atoms with Gasteiger partial charge in [-0.05, 0) is 29.8 Å². The molecule has 0 fully saturated rings. The SMILES string of the molecule is COc1ccccc1NC(=O)/C(C#N)=C/c1ccc(SCCO)c([N+](=O)[O-])c1. The van der Waals surface area contributed by atoms with Gasteiger partial charge in [0, 0.05) is 11.8 Å². The second-order valence-electron chi connectivity index (χ2n) is 5.38. The molecule has 28 heavy (non-hydrogen) atoms. The number of ether oxygens (including phenoxy) is 1. The van der Waals surface area contributed by atoms with Gasteiger partial charge in [-0.1, -0.05) is 18.2 Å². The Hall–Kier alpha value is -3.35. The van der Waals surface area contributed by atoms with E-state index in [1.165, 1.54) is 25.3 Å². The van der Waals surface area contributed by atoms with Gasteiger partial charge in [-0.3, -0.25) is 14.9 Å². The summed E-state index contributed by atoms with van der Waals surface area (Å²) in [5.74, 6) is 0.100. The average molecular weight is 399 g/mol. The number of nitrogens with one attached hydrogen (secondary N) is 1. The number of nitro groups is 1. The van der Waals surface area contributed by atoms with Crippen molar-refractivity contribution in [2.24, 2.45) is 0 Å². The van der Waals surface area contributed by atoms with Crippen molar-refractivity contribution < 1.29 is 19.6 Å². The number of nitro benzene ring substituents is 1. The van der Waals surface area contributed by atoms with E-state index in [9.17, 15) is 20.2 Å². The lowest BCUT2D eigenvalue weighted by atomic mass is 10.1. The second kappa shape index (κ2) is 10.1. The first kappa shape index (κ1) is 21.0. The lowest BCUT2D eigenvalue weighted by molar-refractivity contribution is -0.387. The van der Waals surface area contributed by atoms with Crippen molar-refractivity contribution in [1.29, 1.82) is 5.26 Å². The molecular formula is C19H17N3O5S. The molecule has 0 saturated heterocycles. The zero-order valence-corrected chi connectivity index (χ0v) is 15.7. The Labute approximate surface area is 165 Å². The number of anilines is 1. The van der Waals surface area contributed by atoms with Crippen LogP contribution in [0.4, 0.5) is 11.4 Å². The normalized spacial score (nSPS) is 10.8. The summed E-state index contributed by atoms with van der Waals surface area (Å²) in [6, 6.07) is 12.9. The Morgan fingerprint density at radius 3 is 2.79 bits per heavy atom. The van der Waals surface area contributed by atoms with Crippen LogP contribution >= 0.6 is 11.8 Å². The van der Waals surface area contributed by atoms with Crippen LogP contribution in [0.1, 0.15) is 5.56 Å². The van der Waals surface area contributed by atoms with Gasteiger partial charge in [0.1, 0.15) is 17.4 Å². The van der Waals surface area contributed by atoms with E-state index in [-0.39, 0.29) is 17.9 Å². The summed E-state index contributed by atoms with van der Waals surface area (Å²) in [7, 11) is 1.46. The molecule has 0 aliphatic carbocycles. The minimum atomic E-state index is -0.659. The fourth-order valence-electron chi connectivity index (χ4n) is 2.30. The fourth-order valence-corrected chi connectivity index (χ4v) is 3.05. The van der Waals surface area contributed by atoms with Crippen molar-refractivity contribution in [1.82, 2.24) is 0 Å². The summed E-state index contributed by atoms with van der Waals surface area (Å²) in [5, 5.41) is 32.1. The molecule has 2 aromatic rings. The maximum atomic E-state index is 12.4. The molecule has 0 aliphatic heterocycles. The first-order chi connectivity index (χ1) is 13.5. The van der Waals surface area contributed by atoms with Crippen LogP contribution in [0.5, 0.6) is 5.75 Å². The second-order valence-corrected chi connectivity index (χ2v) is 6.52. The molecule has 0 spiro atoms. The summed E-state index contributed by atoms with van der Waals surface area (Å²) in [4.78, 5) is 23.6. The largest absolute Gasteiger partial charge is 0.495 e. The van der Waals surface area contributed by atoms with E-state index in [0.29, 0.717) is 27.6 Å². The number of para-hydroxylation sites is 2. The van der Waals surface area contributed by atoms with Crippen LogP contribution < -0.4 is 10.1 Å². The van der Waals surface area contributed by atoms with Gasteiger partial charge in [-0.2, -0.15) is 5.26 Å². The van der Waals surface area contributed by atoms with Gasteiger partial charge in [0.2, 0.25) is 0 Å². The van der Waals surface area contributed by atoms with Gasteiger partial charge < -0.3 is 15.2 Å². The summed E-state index contributed by atoms with van der Waals surface area (Å²) >= 11 is 1.15. The molecule has 0 unspecified atom stereocenters. The van der Waals surface area contributed by atoms with Crippen LogP contribution in [0, 0.1) is 21.4 Å². The number of nitriles is 1. The zero-order chi connectivity index (χ0) is 20.5. The third-order valence-electron chi connectivity index (χ3n) is 3.56. The topological polar surface area (TPSA) is 125 Å². The molecule has 0 bridgehead atoms. The van der Waals surface area contributed by atoms with E-state index in [0.717, 1.165) is 11.8 Å². The van der Waals surface area contributed by atoms with Crippen LogP contribution in [-0.2, 0) is 4.79 Å². The Balaban J connectivity index is 2.30. The third-order valence-corrected chi connectivity index (χ3v) is 4.60. The predicted molar refractivity (Wildman–Crippen MR) is 106 cm³/mol. The molecule has 0 radical (unpaired) electrons. The van der Waals surface area contributed by atoms with E-state index >= 15 is 0 Å². The molecule has 0 atom stereocenters. The van der Waals surface area contributed by atoms with Crippen LogP contribution in [0.3, 0.4) is 0 Å². The minimum Gasteiger partial charge on any atom is -0.495 e. The number of aliphatic hydroxyl groups excluding tert-OH is 1. The van der Waals surface area contributed by atoms with E-state index in [1.807, 2.05) is 0 Å². The number of rotatable bonds is 8. The van der Waals surface area contributed by atoms with Crippen molar-refractivity contribution in [3.63, 3.8) is 0 Å². The zero-order valence-electron chi connectivity index (χ0n) is 14.9. The van der Waals surface area contributed by atoms with Crippen molar-refractivity contribution in [2.45, 2.75) is 4.90 Å². The van der Waals surface area contributed by atoms with E-state index in [4.69, 9.17) is 9.84 Å². The quantitative estimate of drug-likeness (QED) is 0.229. The first-order valence-electron chi connectivity index (χ1n) is 8.08. The number of benzene rings is 2. The van der Waals surface area contributed by atoms with Gasteiger partial charge in [0.25, 0.3) is 11.6 Å². The number of methoxy groups -OCH3 is 1. The lowest BCUT2D eigenvalue weighted by Crippen LogP contribution is -2.14. The maximum absolute atomic E-state index is 12.4. The molecule has 2 aromatic carbocycles. The maximum Gasteiger partial charge on any atom is 0.283 e. The highest BCUT2D eigenvalue weighted by Gasteiger charge is 2.16. The number of hydrogen-bond donors (Lipinski definition) is 2. The van der Waals surface area contributed by atoms with Crippen LogP contribution in [0.25, 0.3) is 6.08 Å². The molecule has 0 heterocycles. The number of carbonyl (C=O) groups excluding carboxylic acids is 1. The summed E-state index contributed by atoms with van der Waals surface area (Å²) in [5.41, 5.74) is 0.371. The Morgan fingerprint density at radius 1 is 1.39 bits per heavy atom. The number of aliphatic hydroxyl groups is 1. The van der Waals surface area contributed by atoms with Gasteiger partial charge in [0.15, 0.2) is 0 Å². The summed E-state index contributed by atoms with van der Waals surface area (Å²) < 4.78 is 5.15. The standard InChI is InChI=1S/C19H17N3O5S/c1-27-17-5-3-2-4-15(17)21-19(24)14(12-20)10-13-6-7-18(28-9-8-23)16(11-13)22(25)26/h2-7,10-11,23H,8-9H2,1H3,(H,21,24)/b14-10+. The van der Waals surface area contributed by atoms with E-state index < -0.39 is 10.8 Å². The highest BCUT2D eigenvalue weighted by Crippen LogP contribution is 2.30. The molecular weight excluding hydrogens is 382 g/mol. The molecule has 2 rings (SSSR count). The fraction of sp³-hybridized carbons (Fsp3) is 0.158. The number of hydrogen-bond acceptors (Lipinski definition) is 7. The molecule has 0 saturated carbocycles. The Kier molecular flexibility index (Phi) is 7.56. The van der Waals surface area contributed by atoms with Crippen LogP contribution in [0.15, 0.2) is 52.9 Å². The van der Waals surface area contributed by atoms with Crippen molar-refractivity contribution in [3.8, 4) is 11.8 Å². The smallest absolute Gasteiger partial charge is 0.283 e. The van der Waals surface area contributed by atoms with Crippen molar-refractivity contribution >= 4 is 35.1 Å². The highest BCUT2D eigenvalue weighted by atomic mass is 32.2. The van der Waals surface area contributed by atoms with Crippen LogP contribution in [0.2, 0.25) is 0 Å². The van der Waals surface area contributed by atoms with Crippen molar-refractivity contribution in [3.05, 3.63) is 63.7 Å². The number of carbonyl (C=O) groups is 1. The monoisotopic (exact) mass is 399 g/mol. The molecule has 0 aliphatic rings. The lowest BCUT2D eigenvalue weighted by Gasteiger charge is -2.09. The number of nitrogens with zero attached hydrogens (tertiary/aromatic N) is 2. The molecule has 2 N–H and O–H groups in total. The van der Waals surface area contributed by atoms with Gasteiger partial charge in [0.05, 0.1) is 29.2 Å². The third kappa shape index (κ3) is 5.33. The predicted octanol–water partition coefficient (Wildman–Crippen LogP) is 3.23. The Bertz CT molecular complexity index is 953. The molecule has 144 valence electrons. The minimum absolute atomic E-state index is 0.106. The number of amides is 1. The highest BCUT2D eigenvalue weighted by molar-refractivity contribution is 7.99. The van der Waals surface area contributed by atoms with Gasteiger partial charge in [-0.25, -0.2) is 0 Å². The van der Waals surface area contributed by atoms with Crippen LogP contribution in [-0.4, -0.2) is 35.4 Å². The van der Waals surface area contributed by atoms with Gasteiger partial charge in [-0.15, -0.1) is 11.8 Å². The molecule has 0 aromatic heterocycles. The van der Waals surface area contributed by atoms with Crippen molar-refractivity contribution in [2.75, 3.05) is 24.8 Å². The Morgan fingerprint density at radius 2 is 2.14 bits per heavy atom. The van der Waals surface area contributed by atoms with Gasteiger partial charge >= 0.3 is 0 Å². The molecule has 8 nitrogen and oxygen atoms in total. The molecule has 9 heteroatoms.